The van der Waals surface area contributed by atoms with Gasteiger partial charge in [0, 0.05) is 19.2 Å². The number of nitrogens with zero attached hydrogens (tertiary/aromatic N) is 2. The van der Waals surface area contributed by atoms with Gasteiger partial charge in [-0.1, -0.05) is 18.2 Å². The number of rotatable bonds is 7. The van der Waals surface area contributed by atoms with E-state index >= 15 is 0 Å². The van der Waals surface area contributed by atoms with Gasteiger partial charge in [0.2, 0.25) is 11.8 Å². The average molecular weight is 500 g/mol. The number of fused-ring (bicyclic) bond motifs is 1. The largest absolute Gasteiger partial charge is 0.493 e. The smallest absolute Gasteiger partial charge is 0.268 e. The Kier molecular flexibility index (Phi) is 7.02. The molecule has 10 heteroatoms. The number of hydrogen-bond acceptors (Lipinski definition) is 6. The Morgan fingerprint density at radius 2 is 1.86 bits per heavy atom. The molecule has 2 N–H and O–H groups in total. The first-order valence-electron chi connectivity index (χ1n) is 11.4. The predicted octanol–water partition coefficient (Wildman–Crippen LogP) is 2.33. The van der Waals surface area contributed by atoms with Crippen molar-refractivity contribution in [1.82, 2.24) is 4.90 Å². The number of carbonyl (C=O) groups excluding carboxylic acids is 2. The second kappa shape index (κ2) is 9.99. The summed E-state index contributed by atoms with van der Waals surface area (Å²) in [4.78, 5) is 26.0. The number of carbonyl (C=O) groups is 2. The number of sulfonamides is 1. The lowest BCUT2D eigenvalue weighted by Gasteiger charge is -2.32. The fourth-order valence-electron chi connectivity index (χ4n) is 4.67. The maximum atomic E-state index is 13.7. The van der Waals surface area contributed by atoms with Crippen molar-refractivity contribution in [3.05, 3.63) is 53.6 Å². The number of benzene rings is 2. The van der Waals surface area contributed by atoms with Crippen molar-refractivity contribution in [1.29, 1.82) is 0 Å². The topological polar surface area (TPSA) is 119 Å². The number of nitrogens with two attached hydrogens (primary N) is 1. The van der Waals surface area contributed by atoms with Crippen molar-refractivity contribution >= 4 is 33.6 Å². The van der Waals surface area contributed by atoms with Crippen molar-refractivity contribution in [3.8, 4) is 11.5 Å². The summed E-state index contributed by atoms with van der Waals surface area (Å²) in [6.07, 6.45) is 5.60. The molecule has 4 rings (SSSR count). The highest BCUT2D eigenvalue weighted by Crippen LogP contribution is 2.40. The van der Waals surface area contributed by atoms with Gasteiger partial charge in [0.1, 0.15) is 10.9 Å². The van der Waals surface area contributed by atoms with Crippen LogP contribution in [0, 0.1) is 0 Å². The summed E-state index contributed by atoms with van der Waals surface area (Å²) in [7, 11) is -1.19. The van der Waals surface area contributed by atoms with Crippen molar-refractivity contribution < 1.29 is 27.5 Å². The van der Waals surface area contributed by atoms with Gasteiger partial charge in [-0.05, 0) is 61.1 Å². The normalized spacial score (nSPS) is 17.9. The van der Waals surface area contributed by atoms with Crippen LogP contribution in [0.1, 0.15) is 30.4 Å². The van der Waals surface area contributed by atoms with Gasteiger partial charge in [-0.2, -0.15) is 0 Å². The fourth-order valence-corrected chi connectivity index (χ4v) is 6.38. The van der Waals surface area contributed by atoms with Crippen molar-refractivity contribution in [3.63, 3.8) is 0 Å². The zero-order valence-electron chi connectivity index (χ0n) is 19.8. The summed E-state index contributed by atoms with van der Waals surface area (Å²) < 4.78 is 39.7. The minimum atomic E-state index is -3.99. The van der Waals surface area contributed by atoms with Crippen molar-refractivity contribution in [2.24, 2.45) is 5.73 Å². The minimum Gasteiger partial charge on any atom is -0.493 e. The van der Waals surface area contributed by atoms with Crippen LogP contribution in [0.15, 0.2) is 47.4 Å². The zero-order chi connectivity index (χ0) is 25.2. The van der Waals surface area contributed by atoms with E-state index in [2.05, 4.69) is 0 Å². The number of piperidine rings is 1. The van der Waals surface area contributed by atoms with E-state index in [1.807, 2.05) is 12.1 Å². The van der Waals surface area contributed by atoms with Crippen LogP contribution in [0.25, 0.3) is 6.08 Å². The van der Waals surface area contributed by atoms with E-state index in [0.29, 0.717) is 37.2 Å². The van der Waals surface area contributed by atoms with Crippen LogP contribution in [0.2, 0.25) is 0 Å². The van der Waals surface area contributed by atoms with Gasteiger partial charge in [-0.25, -0.2) is 8.42 Å². The number of anilines is 1. The highest BCUT2D eigenvalue weighted by molar-refractivity contribution is 7.93. The third kappa shape index (κ3) is 4.70. The summed E-state index contributed by atoms with van der Waals surface area (Å²) in [5.41, 5.74) is 7.50. The maximum Gasteiger partial charge on any atom is 0.268 e. The molecule has 0 radical (unpaired) electrons. The van der Waals surface area contributed by atoms with Crippen LogP contribution in [-0.4, -0.2) is 58.5 Å². The van der Waals surface area contributed by atoms with E-state index in [1.165, 1.54) is 41.6 Å². The molecule has 1 saturated heterocycles. The number of likely N-dealkylation sites (tertiary alicyclic amines) is 1. The first-order chi connectivity index (χ1) is 16.8. The summed E-state index contributed by atoms with van der Waals surface area (Å²) >= 11 is 0. The highest BCUT2D eigenvalue weighted by atomic mass is 32.2. The lowest BCUT2D eigenvalue weighted by molar-refractivity contribution is -0.137. The molecular weight excluding hydrogens is 470 g/mol. The summed E-state index contributed by atoms with van der Waals surface area (Å²) in [6.45, 7) is 0.756. The van der Waals surface area contributed by atoms with E-state index in [9.17, 15) is 18.0 Å². The molecule has 1 fully saturated rings. The van der Waals surface area contributed by atoms with Crippen LogP contribution in [0.4, 0.5) is 5.69 Å². The monoisotopic (exact) mass is 499 g/mol. The van der Waals surface area contributed by atoms with E-state index in [4.69, 9.17) is 15.2 Å². The number of ether oxygens (including phenoxy) is 2. The van der Waals surface area contributed by atoms with Crippen molar-refractivity contribution in [2.75, 3.05) is 31.6 Å². The highest BCUT2D eigenvalue weighted by Gasteiger charge is 2.34. The molecule has 0 bridgehead atoms. The van der Waals surface area contributed by atoms with Crippen LogP contribution < -0.4 is 19.5 Å². The standard InChI is InChI=1S/C25H29N3O6S/c1-33-21-15-17(10-11-23(29)27-13-6-5-9-20(27)25(26)30)16-22(24(21)34-2)35(31,32)28-14-12-18-7-3-4-8-19(18)28/h3-4,7-8,10-11,15-16,20H,5-6,9,12-14H2,1-2H3,(H2,26,30)/b11-10+. The van der Waals surface area contributed by atoms with Crippen LogP contribution in [0.5, 0.6) is 11.5 Å². The van der Waals surface area contributed by atoms with Gasteiger partial charge in [0.25, 0.3) is 10.0 Å². The zero-order valence-corrected chi connectivity index (χ0v) is 20.6. The molecule has 2 aromatic rings. The maximum absolute atomic E-state index is 13.7. The Balaban J connectivity index is 1.70. The molecule has 2 heterocycles. The van der Waals surface area contributed by atoms with E-state index in [-0.39, 0.29) is 22.3 Å². The Hall–Kier alpha value is -3.53. The SMILES string of the molecule is COc1cc(/C=C/C(=O)N2CCCCC2C(N)=O)cc(S(=O)(=O)N2CCc3ccccc32)c1OC. The van der Waals surface area contributed by atoms with Crippen LogP contribution in [0.3, 0.4) is 0 Å². The third-order valence-electron chi connectivity index (χ3n) is 6.41. The first-order valence-corrected chi connectivity index (χ1v) is 12.9. The predicted molar refractivity (Wildman–Crippen MR) is 132 cm³/mol. The molecule has 0 spiro atoms. The van der Waals surface area contributed by atoms with Crippen LogP contribution >= 0.6 is 0 Å². The molecule has 186 valence electrons. The molecule has 9 nitrogen and oxygen atoms in total. The number of amides is 2. The molecule has 1 unspecified atom stereocenters. The second-order valence-corrected chi connectivity index (χ2v) is 10.3. The van der Waals surface area contributed by atoms with Crippen LogP contribution in [-0.2, 0) is 26.0 Å². The number of para-hydroxylation sites is 1. The van der Waals surface area contributed by atoms with E-state index in [1.54, 1.807) is 18.2 Å². The molecular formula is C25H29N3O6S. The molecule has 2 aliphatic rings. The molecule has 2 aromatic carbocycles. The summed E-state index contributed by atoms with van der Waals surface area (Å²) in [6, 6.07) is 9.79. The van der Waals surface area contributed by atoms with E-state index < -0.39 is 22.0 Å². The Morgan fingerprint density at radius 3 is 2.57 bits per heavy atom. The van der Waals surface area contributed by atoms with Gasteiger partial charge in [0.05, 0.1) is 19.9 Å². The van der Waals surface area contributed by atoms with Gasteiger partial charge >= 0.3 is 0 Å². The van der Waals surface area contributed by atoms with E-state index in [0.717, 1.165) is 18.4 Å². The summed E-state index contributed by atoms with van der Waals surface area (Å²) in [5.74, 6) is -0.579. The number of hydrogen-bond donors (Lipinski definition) is 1. The number of primary amides is 1. The van der Waals surface area contributed by atoms with Gasteiger partial charge in [-0.3, -0.25) is 13.9 Å². The lowest BCUT2D eigenvalue weighted by atomic mass is 10.0. The fraction of sp³-hybridized carbons (Fsp3) is 0.360. The number of methoxy groups -OCH3 is 2. The first kappa shape index (κ1) is 24.6. The lowest BCUT2D eigenvalue weighted by Crippen LogP contribution is -2.49. The van der Waals surface area contributed by atoms with Gasteiger partial charge in [-0.15, -0.1) is 0 Å². The quantitative estimate of drug-likeness (QED) is 0.584. The second-order valence-electron chi connectivity index (χ2n) is 8.49. The summed E-state index contributed by atoms with van der Waals surface area (Å²) in [5, 5.41) is 0. The third-order valence-corrected chi connectivity index (χ3v) is 8.23. The molecule has 2 amide bonds. The minimum absolute atomic E-state index is 0.0591. The molecule has 1 atom stereocenters. The average Bonchev–Trinajstić information content (AvgIpc) is 3.31. The Bertz CT molecular complexity index is 1270. The van der Waals surface area contributed by atoms with Gasteiger partial charge < -0.3 is 20.1 Å². The molecule has 35 heavy (non-hydrogen) atoms. The molecule has 2 aliphatic heterocycles. The Labute approximate surface area is 205 Å². The van der Waals surface area contributed by atoms with Gasteiger partial charge in [0.15, 0.2) is 11.5 Å². The molecule has 0 saturated carbocycles. The van der Waals surface area contributed by atoms with Crippen molar-refractivity contribution in [2.45, 2.75) is 36.6 Å². The Morgan fingerprint density at radius 1 is 1.09 bits per heavy atom. The molecule has 0 aromatic heterocycles. The molecule has 0 aliphatic carbocycles.